The van der Waals surface area contributed by atoms with Crippen LogP contribution in [0.5, 0.6) is 0 Å². The van der Waals surface area contributed by atoms with Crippen molar-refractivity contribution in [1.82, 2.24) is 0 Å². The van der Waals surface area contributed by atoms with Gasteiger partial charge in [0.1, 0.15) is 0 Å². The van der Waals surface area contributed by atoms with Crippen LogP contribution in [0.25, 0.3) is 11.1 Å². The molecular formula is C31H46. The minimum absolute atomic E-state index is 0.140. The summed E-state index contributed by atoms with van der Waals surface area (Å²) >= 11 is 0. The molecule has 1 aliphatic carbocycles. The monoisotopic (exact) mass is 418 g/mol. The predicted octanol–water partition coefficient (Wildman–Crippen LogP) is 9.71. The lowest BCUT2D eigenvalue weighted by molar-refractivity contribution is 0.479. The lowest BCUT2D eigenvalue weighted by Crippen LogP contribution is -2.21. The summed E-state index contributed by atoms with van der Waals surface area (Å²) in [5.74, 6) is 0. The van der Waals surface area contributed by atoms with E-state index in [-0.39, 0.29) is 16.2 Å². The largest absolute Gasteiger partial charge is 0.0654 e. The van der Waals surface area contributed by atoms with Gasteiger partial charge in [-0.2, -0.15) is 0 Å². The Balaban J connectivity index is 2.02. The van der Waals surface area contributed by atoms with Crippen LogP contribution < -0.4 is 0 Å². The van der Waals surface area contributed by atoms with Crippen molar-refractivity contribution in [3.8, 4) is 11.1 Å². The average Bonchev–Trinajstić information content (AvgIpc) is 2.98. The van der Waals surface area contributed by atoms with Crippen molar-refractivity contribution < 1.29 is 0 Å². The molecule has 170 valence electrons. The summed E-state index contributed by atoms with van der Waals surface area (Å²) in [6, 6.07) is 14.8. The summed E-state index contributed by atoms with van der Waals surface area (Å²) in [5.41, 5.74) is 9.54. The molecule has 31 heavy (non-hydrogen) atoms. The molecule has 0 amide bonds. The van der Waals surface area contributed by atoms with Gasteiger partial charge in [0.25, 0.3) is 0 Å². The van der Waals surface area contributed by atoms with Crippen LogP contribution in [0, 0.1) is 0 Å². The average molecular weight is 419 g/mol. The van der Waals surface area contributed by atoms with Crippen LogP contribution in [0.1, 0.15) is 129 Å². The molecule has 0 aromatic heterocycles. The van der Waals surface area contributed by atoms with Gasteiger partial charge in [-0.05, 0) is 57.1 Å². The summed E-state index contributed by atoms with van der Waals surface area (Å²) in [6.45, 7) is 18.9. The van der Waals surface area contributed by atoms with Gasteiger partial charge < -0.3 is 0 Å². The van der Waals surface area contributed by atoms with Gasteiger partial charge in [-0.1, -0.05) is 130 Å². The lowest BCUT2D eigenvalue weighted by Gasteiger charge is -2.29. The zero-order chi connectivity index (χ0) is 22.9. The highest BCUT2D eigenvalue weighted by Crippen LogP contribution is 2.53. The van der Waals surface area contributed by atoms with Crippen LogP contribution in [0.4, 0.5) is 0 Å². The maximum atomic E-state index is 2.52. The molecule has 2 aromatic rings. The normalized spacial score (nSPS) is 18.2. The summed E-state index contributed by atoms with van der Waals surface area (Å²) in [4.78, 5) is 0. The Morgan fingerprint density at radius 3 is 1.74 bits per heavy atom. The molecule has 1 atom stereocenters. The first-order valence-corrected chi connectivity index (χ1v) is 12.8. The third-order valence-corrected chi connectivity index (χ3v) is 8.08. The maximum Gasteiger partial charge on any atom is 0.0187 e. The van der Waals surface area contributed by atoms with Gasteiger partial charge in [0.05, 0.1) is 0 Å². The van der Waals surface area contributed by atoms with E-state index >= 15 is 0 Å². The van der Waals surface area contributed by atoms with Crippen LogP contribution in [0.2, 0.25) is 0 Å². The van der Waals surface area contributed by atoms with Crippen molar-refractivity contribution >= 4 is 0 Å². The van der Waals surface area contributed by atoms with Crippen LogP contribution in [0.15, 0.2) is 36.4 Å². The molecule has 0 heterocycles. The Labute approximate surface area is 192 Å². The van der Waals surface area contributed by atoms with Gasteiger partial charge in [0, 0.05) is 5.41 Å². The van der Waals surface area contributed by atoms with E-state index in [0.717, 1.165) is 6.42 Å². The fraction of sp³-hybridized carbons (Fsp3) is 0.613. The number of rotatable bonds is 9. The Morgan fingerprint density at radius 1 is 0.677 bits per heavy atom. The topological polar surface area (TPSA) is 0 Å². The second kappa shape index (κ2) is 9.13. The van der Waals surface area contributed by atoms with E-state index in [1.54, 1.807) is 11.1 Å². The van der Waals surface area contributed by atoms with E-state index in [1.165, 1.54) is 67.2 Å². The summed E-state index contributed by atoms with van der Waals surface area (Å²) in [6.07, 6.45) is 10.6. The molecule has 0 spiro atoms. The molecule has 2 aromatic carbocycles. The Kier molecular flexibility index (Phi) is 7.09. The van der Waals surface area contributed by atoms with Crippen molar-refractivity contribution in [3.63, 3.8) is 0 Å². The van der Waals surface area contributed by atoms with Crippen molar-refractivity contribution in [1.29, 1.82) is 0 Å². The van der Waals surface area contributed by atoms with E-state index in [2.05, 4.69) is 91.8 Å². The molecule has 0 fully saturated rings. The van der Waals surface area contributed by atoms with Gasteiger partial charge in [0.15, 0.2) is 0 Å². The van der Waals surface area contributed by atoms with Crippen molar-refractivity contribution in [2.45, 2.75) is 123 Å². The minimum atomic E-state index is 0.140. The molecular weight excluding hydrogens is 372 g/mol. The van der Waals surface area contributed by atoms with Crippen LogP contribution in [-0.4, -0.2) is 0 Å². The van der Waals surface area contributed by atoms with Crippen molar-refractivity contribution in [3.05, 3.63) is 58.7 Å². The highest BCUT2D eigenvalue weighted by molar-refractivity contribution is 5.82. The fourth-order valence-corrected chi connectivity index (χ4v) is 5.26. The first-order valence-electron chi connectivity index (χ1n) is 12.8. The van der Waals surface area contributed by atoms with E-state index < -0.39 is 0 Å². The Morgan fingerprint density at radius 2 is 1.19 bits per heavy atom. The standard InChI is InChI=1S/C31H46/c1-9-11-12-13-14-15-20-31(8)27-18-16-23(29(3,4)5)21-25(27)26-22-24(17-19-28(26)31)30(6,7)10-2/h16-19,21-22H,9-15,20H2,1-8H3. The molecule has 0 saturated carbocycles. The first-order chi connectivity index (χ1) is 14.5. The molecule has 0 nitrogen and oxygen atoms in total. The second-order valence-corrected chi connectivity index (χ2v) is 11.9. The molecule has 1 unspecified atom stereocenters. The van der Waals surface area contributed by atoms with Crippen molar-refractivity contribution in [2.75, 3.05) is 0 Å². The summed E-state index contributed by atoms with van der Waals surface area (Å²) < 4.78 is 0. The molecule has 0 aliphatic heterocycles. The Hall–Kier alpha value is -1.56. The SMILES string of the molecule is CCCCCCCCC1(C)c2ccc(C(C)(C)C)cc2-c2cc(C(C)(C)CC)ccc21. The molecule has 0 bridgehead atoms. The fourth-order valence-electron chi connectivity index (χ4n) is 5.26. The van der Waals surface area contributed by atoms with Crippen LogP contribution in [-0.2, 0) is 16.2 Å². The minimum Gasteiger partial charge on any atom is -0.0654 e. The van der Waals surface area contributed by atoms with E-state index in [9.17, 15) is 0 Å². The number of fused-ring (bicyclic) bond motifs is 3. The van der Waals surface area contributed by atoms with Gasteiger partial charge in [-0.15, -0.1) is 0 Å². The smallest absolute Gasteiger partial charge is 0.0187 e. The third kappa shape index (κ3) is 4.79. The zero-order valence-electron chi connectivity index (χ0n) is 21.6. The molecule has 3 rings (SSSR count). The van der Waals surface area contributed by atoms with E-state index in [0.29, 0.717) is 0 Å². The molecule has 0 N–H and O–H groups in total. The zero-order valence-corrected chi connectivity index (χ0v) is 21.6. The van der Waals surface area contributed by atoms with Gasteiger partial charge in [-0.3, -0.25) is 0 Å². The highest BCUT2D eigenvalue weighted by Gasteiger charge is 2.40. The first kappa shape index (κ1) is 24.1. The third-order valence-electron chi connectivity index (χ3n) is 8.08. The molecule has 0 saturated heterocycles. The highest BCUT2D eigenvalue weighted by atomic mass is 14.4. The Bertz CT molecular complexity index is 893. The van der Waals surface area contributed by atoms with Gasteiger partial charge in [0.2, 0.25) is 0 Å². The molecule has 1 aliphatic rings. The summed E-state index contributed by atoms with van der Waals surface area (Å²) in [7, 11) is 0. The number of benzene rings is 2. The summed E-state index contributed by atoms with van der Waals surface area (Å²) in [5, 5.41) is 0. The van der Waals surface area contributed by atoms with Gasteiger partial charge >= 0.3 is 0 Å². The van der Waals surface area contributed by atoms with Crippen LogP contribution in [0.3, 0.4) is 0 Å². The van der Waals surface area contributed by atoms with E-state index in [4.69, 9.17) is 0 Å². The molecule has 0 heteroatoms. The number of unbranched alkanes of at least 4 members (excludes halogenated alkanes) is 5. The number of hydrogen-bond donors (Lipinski definition) is 0. The molecule has 0 radical (unpaired) electrons. The number of hydrogen-bond acceptors (Lipinski definition) is 0. The predicted molar refractivity (Wildman–Crippen MR) is 138 cm³/mol. The van der Waals surface area contributed by atoms with Crippen LogP contribution >= 0.6 is 0 Å². The van der Waals surface area contributed by atoms with E-state index in [1.807, 2.05) is 0 Å². The lowest BCUT2D eigenvalue weighted by atomic mass is 9.74. The van der Waals surface area contributed by atoms with Crippen molar-refractivity contribution in [2.24, 2.45) is 0 Å². The second-order valence-electron chi connectivity index (χ2n) is 11.9. The quantitative estimate of drug-likeness (QED) is 0.355. The van der Waals surface area contributed by atoms with Gasteiger partial charge in [-0.25, -0.2) is 0 Å². The maximum absolute atomic E-state index is 2.52.